The molecule has 1 unspecified atom stereocenters. The van der Waals surface area contributed by atoms with E-state index in [0.29, 0.717) is 4.90 Å². The van der Waals surface area contributed by atoms with Crippen molar-refractivity contribution in [3.8, 4) is 5.75 Å². The van der Waals surface area contributed by atoms with Gasteiger partial charge in [-0.3, -0.25) is 0 Å². The topological polar surface area (TPSA) is 58.6 Å². The van der Waals surface area contributed by atoms with Gasteiger partial charge in [-0.1, -0.05) is 29.8 Å². The molecule has 0 aliphatic heterocycles. The average molecular weight is 362 g/mol. The summed E-state index contributed by atoms with van der Waals surface area (Å²) in [5.41, 5.74) is 2.81. The zero-order valence-corrected chi connectivity index (χ0v) is 16.2. The minimum Gasteiger partial charge on any atom is -0.497 e. The van der Waals surface area contributed by atoms with Crippen molar-refractivity contribution in [2.24, 2.45) is 0 Å². The minimum absolute atomic E-state index is 0.0774. The van der Waals surface area contributed by atoms with Gasteiger partial charge in [-0.05, 0) is 57.3 Å². The lowest BCUT2D eigenvalue weighted by molar-refractivity contribution is 0.299. The van der Waals surface area contributed by atoms with Gasteiger partial charge in [-0.25, -0.2) is 13.1 Å². The van der Waals surface area contributed by atoms with E-state index in [-0.39, 0.29) is 12.6 Å². The molecule has 0 heterocycles. The standard InChI is InChI=1S/C19H26N2O3S/c1-14-6-11-19(15(2)12-14)25(22,23)20-13-18(21(3)4)16-7-9-17(24-5)10-8-16/h6-12,18,20H,13H2,1-5H3. The molecule has 0 aliphatic rings. The highest BCUT2D eigenvalue weighted by atomic mass is 32.2. The molecule has 0 saturated heterocycles. The normalized spacial score (nSPS) is 13.0. The summed E-state index contributed by atoms with van der Waals surface area (Å²) in [7, 11) is 1.92. The van der Waals surface area contributed by atoms with Crippen molar-refractivity contribution in [3.05, 3.63) is 59.2 Å². The van der Waals surface area contributed by atoms with Crippen LogP contribution in [-0.4, -0.2) is 41.1 Å². The average Bonchev–Trinajstić information content (AvgIpc) is 2.54. The van der Waals surface area contributed by atoms with Crippen LogP contribution in [0.3, 0.4) is 0 Å². The monoisotopic (exact) mass is 362 g/mol. The van der Waals surface area contributed by atoms with Gasteiger partial charge in [0, 0.05) is 12.6 Å². The zero-order valence-electron chi connectivity index (χ0n) is 15.4. The molecule has 0 spiro atoms. The van der Waals surface area contributed by atoms with Gasteiger partial charge in [0.15, 0.2) is 0 Å². The van der Waals surface area contributed by atoms with Crippen LogP contribution in [0.4, 0.5) is 0 Å². The predicted octanol–water partition coefficient (Wildman–Crippen LogP) is 2.89. The second-order valence-corrected chi connectivity index (χ2v) is 8.11. The molecule has 0 bridgehead atoms. The van der Waals surface area contributed by atoms with Crippen molar-refractivity contribution in [1.82, 2.24) is 9.62 Å². The summed E-state index contributed by atoms with van der Waals surface area (Å²) >= 11 is 0. The smallest absolute Gasteiger partial charge is 0.240 e. The molecule has 5 nitrogen and oxygen atoms in total. The molecule has 0 amide bonds. The van der Waals surface area contributed by atoms with Gasteiger partial charge < -0.3 is 9.64 Å². The highest BCUT2D eigenvalue weighted by molar-refractivity contribution is 7.89. The van der Waals surface area contributed by atoms with Crippen molar-refractivity contribution >= 4 is 10.0 Å². The molecule has 0 radical (unpaired) electrons. The third-order valence-corrected chi connectivity index (χ3v) is 5.79. The third-order valence-electron chi connectivity index (χ3n) is 4.21. The van der Waals surface area contributed by atoms with Gasteiger partial charge >= 0.3 is 0 Å². The van der Waals surface area contributed by atoms with Gasteiger partial charge in [0.2, 0.25) is 10.0 Å². The van der Waals surface area contributed by atoms with Crippen molar-refractivity contribution in [2.75, 3.05) is 27.7 Å². The van der Waals surface area contributed by atoms with Crippen LogP contribution in [0.5, 0.6) is 5.75 Å². The molecular weight excluding hydrogens is 336 g/mol. The summed E-state index contributed by atoms with van der Waals surface area (Å²) in [4.78, 5) is 2.32. The Morgan fingerprint density at radius 2 is 1.72 bits per heavy atom. The summed E-state index contributed by atoms with van der Waals surface area (Å²) in [6.07, 6.45) is 0. The fourth-order valence-corrected chi connectivity index (χ4v) is 4.05. The Hall–Kier alpha value is -1.89. The Labute approximate surface area is 150 Å². The first-order valence-corrected chi connectivity index (χ1v) is 9.60. The van der Waals surface area contributed by atoms with Crippen molar-refractivity contribution in [2.45, 2.75) is 24.8 Å². The molecule has 25 heavy (non-hydrogen) atoms. The molecule has 1 atom stereocenters. The zero-order chi connectivity index (χ0) is 18.6. The van der Waals surface area contributed by atoms with Crippen LogP contribution in [-0.2, 0) is 10.0 Å². The number of nitrogens with zero attached hydrogens (tertiary/aromatic N) is 1. The van der Waals surface area contributed by atoms with Gasteiger partial charge in [-0.2, -0.15) is 0 Å². The fraction of sp³-hybridized carbons (Fsp3) is 0.368. The lowest BCUT2D eigenvalue weighted by atomic mass is 10.1. The highest BCUT2D eigenvalue weighted by Crippen LogP contribution is 2.22. The number of sulfonamides is 1. The van der Waals surface area contributed by atoms with Crippen LogP contribution in [0.15, 0.2) is 47.4 Å². The van der Waals surface area contributed by atoms with E-state index in [1.807, 2.05) is 69.2 Å². The number of benzene rings is 2. The summed E-state index contributed by atoms with van der Waals surface area (Å²) < 4.78 is 33.3. The molecule has 1 N–H and O–H groups in total. The van der Waals surface area contributed by atoms with Crippen LogP contribution in [0.1, 0.15) is 22.7 Å². The number of likely N-dealkylation sites (N-methyl/N-ethyl adjacent to an activating group) is 1. The van der Waals surface area contributed by atoms with Crippen LogP contribution in [0.25, 0.3) is 0 Å². The molecule has 136 valence electrons. The molecule has 6 heteroatoms. The molecule has 0 aliphatic carbocycles. The van der Waals surface area contributed by atoms with Gasteiger partial charge in [0.25, 0.3) is 0 Å². The van der Waals surface area contributed by atoms with E-state index >= 15 is 0 Å². The second kappa shape index (κ2) is 7.99. The Morgan fingerprint density at radius 1 is 1.08 bits per heavy atom. The summed E-state index contributed by atoms with van der Waals surface area (Å²) in [6.45, 7) is 4.05. The van der Waals surface area contributed by atoms with Crippen molar-refractivity contribution < 1.29 is 13.2 Å². The van der Waals surface area contributed by atoms with Crippen LogP contribution in [0.2, 0.25) is 0 Å². The van der Waals surface area contributed by atoms with E-state index in [9.17, 15) is 8.42 Å². The lowest BCUT2D eigenvalue weighted by Gasteiger charge is -2.25. The van der Waals surface area contributed by atoms with Gasteiger partial charge in [0.1, 0.15) is 5.75 Å². The third kappa shape index (κ3) is 4.81. The highest BCUT2D eigenvalue weighted by Gasteiger charge is 2.21. The maximum Gasteiger partial charge on any atom is 0.240 e. The predicted molar refractivity (Wildman–Crippen MR) is 101 cm³/mol. The SMILES string of the molecule is COc1ccc(C(CNS(=O)(=O)c2ccc(C)cc2C)N(C)C)cc1. The van der Waals surface area contributed by atoms with E-state index in [1.54, 1.807) is 13.2 Å². The maximum absolute atomic E-state index is 12.7. The number of methoxy groups -OCH3 is 1. The number of nitrogens with one attached hydrogen (secondary N) is 1. The van der Waals surface area contributed by atoms with E-state index in [4.69, 9.17) is 4.74 Å². The van der Waals surface area contributed by atoms with Crippen LogP contribution in [0, 0.1) is 13.8 Å². The number of hydrogen-bond donors (Lipinski definition) is 1. The molecule has 2 aromatic rings. The summed E-state index contributed by atoms with van der Waals surface area (Å²) in [5.74, 6) is 0.775. The Morgan fingerprint density at radius 3 is 2.24 bits per heavy atom. The molecule has 2 rings (SSSR count). The molecule has 0 saturated carbocycles. The summed E-state index contributed by atoms with van der Waals surface area (Å²) in [5, 5.41) is 0. The second-order valence-electron chi connectivity index (χ2n) is 6.37. The molecular formula is C19H26N2O3S. The Bertz CT molecular complexity index is 815. The van der Waals surface area contributed by atoms with Gasteiger partial charge in [0.05, 0.1) is 12.0 Å². The lowest BCUT2D eigenvalue weighted by Crippen LogP contribution is -2.34. The number of rotatable bonds is 7. The van der Waals surface area contributed by atoms with Crippen LogP contribution >= 0.6 is 0 Å². The first-order valence-electron chi connectivity index (χ1n) is 8.12. The first-order chi connectivity index (χ1) is 11.7. The summed E-state index contributed by atoms with van der Waals surface area (Å²) in [6, 6.07) is 12.9. The molecule has 0 aromatic heterocycles. The van der Waals surface area contributed by atoms with E-state index < -0.39 is 10.0 Å². The number of hydrogen-bond acceptors (Lipinski definition) is 4. The molecule has 0 fully saturated rings. The first kappa shape index (κ1) is 19.4. The minimum atomic E-state index is -3.56. The van der Waals surface area contributed by atoms with Crippen molar-refractivity contribution in [1.29, 1.82) is 0 Å². The number of ether oxygens (including phenoxy) is 1. The largest absolute Gasteiger partial charge is 0.497 e. The van der Waals surface area contributed by atoms with E-state index in [1.165, 1.54) is 0 Å². The number of aryl methyl sites for hydroxylation is 2. The Balaban J connectivity index is 2.19. The quantitative estimate of drug-likeness (QED) is 0.823. The van der Waals surface area contributed by atoms with Crippen molar-refractivity contribution in [3.63, 3.8) is 0 Å². The van der Waals surface area contributed by atoms with Crippen LogP contribution < -0.4 is 9.46 Å². The van der Waals surface area contributed by atoms with E-state index in [2.05, 4.69) is 4.72 Å². The fourth-order valence-electron chi connectivity index (χ4n) is 2.79. The van der Waals surface area contributed by atoms with Gasteiger partial charge in [-0.15, -0.1) is 0 Å². The Kier molecular flexibility index (Phi) is 6.21. The van der Waals surface area contributed by atoms with E-state index in [0.717, 1.165) is 22.4 Å². The maximum atomic E-state index is 12.7. The molecule has 2 aromatic carbocycles.